The fourth-order valence-corrected chi connectivity index (χ4v) is 2.55. The van der Waals surface area contributed by atoms with Crippen molar-refractivity contribution in [2.75, 3.05) is 6.61 Å². The molecule has 1 atom stereocenters. The first-order valence-electron chi connectivity index (χ1n) is 6.39. The van der Waals surface area contributed by atoms with Crippen molar-refractivity contribution in [1.29, 1.82) is 0 Å². The summed E-state index contributed by atoms with van der Waals surface area (Å²) in [5.41, 5.74) is -0.413. The molecular weight excluding hydrogens is 220 g/mol. The van der Waals surface area contributed by atoms with E-state index in [1.165, 1.54) is 19.3 Å². The van der Waals surface area contributed by atoms with Crippen LogP contribution in [0, 0.1) is 5.92 Å². The normalized spacial score (nSPS) is 20.4. The molecule has 4 heteroatoms. The van der Waals surface area contributed by atoms with E-state index in [0.717, 1.165) is 19.3 Å². The molecule has 1 rings (SSSR count). The summed E-state index contributed by atoms with van der Waals surface area (Å²) < 4.78 is 9.92. The number of ether oxygens (including phenoxy) is 2. The van der Waals surface area contributed by atoms with E-state index in [4.69, 9.17) is 4.74 Å². The Labute approximate surface area is 103 Å². The van der Waals surface area contributed by atoms with Gasteiger partial charge in [-0.15, -0.1) is 0 Å². The lowest BCUT2D eigenvalue weighted by Gasteiger charge is -2.38. The molecule has 98 valence electrons. The highest BCUT2D eigenvalue weighted by Crippen LogP contribution is 2.37. The molecule has 0 bridgehead atoms. The van der Waals surface area contributed by atoms with Crippen LogP contribution in [0.25, 0.3) is 0 Å². The first-order valence-corrected chi connectivity index (χ1v) is 6.39. The SMILES string of the molecule is CCC(C)(OC(=O)COC=O)C1CCCCC1. The van der Waals surface area contributed by atoms with Crippen molar-refractivity contribution < 1.29 is 19.1 Å². The summed E-state index contributed by atoms with van der Waals surface area (Å²) >= 11 is 0. The predicted octanol–water partition coefficient (Wildman–Crippen LogP) is 2.45. The van der Waals surface area contributed by atoms with E-state index in [9.17, 15) is 9.59 Å². The summed E-state index contributed by atoms with van der Waals surface area (Å²) in [6, 6.07) is 0. The van der Waals surface area contributed by atoms with Gasteiger partial charge in [0.05, 0.1) is 0 Å². The monoisotopic (exact) mass is 242 g/mol. The van der Waals surface area contributed by atoms with Crippen molar-refractivity contribution in [1.82, 2.24) is 0 Å². The summed E-state index contributed by atoms with van der Waals surface area (Å²) in [4.78, 5) is 21.5. The average Bonchev–Trinajstić information content (AvgIpc) is 2.37. The number of hydrogen-bond acceptors (Lipinski definition) is 4. The molecule has 0 saturated heterocycles. The summed E-state index contributed by atoms with van der Waals surface area (Å²) in [6.45, 7) is 4.00. The van der Waals surface area contributed by atoms with Crippen molar-refractivity contribution in [2.45, 2.75) is 58.0 Å². The minimum Gasteiger partial charge on any atom is -0.457 e. The Bertz CT molecular complexity index is 258. The maximum Gasteiger partial charge on any atom is 0.344 e. The average molecular weight is 242 g/mol. The van der Waals surface area contributed by atoms with Crippen molar-refractivity contribution in [3.8, 4) is 0 Å². The minimum absolute atomic E-state index is 0.269. The molecule has 1 unspecified atom stereocenters. The topological polar surface area (TPSA) is 52.6 Å². The van der Waals surface area contributed by atoms with Crippen LogP contribution < -0.4 is 0 Å². The molecule has 1 aliphatic rings. The second-order valence-electron chi connectivity index (χ2n) is 4.88. The van der Waals surface area contributed by atoms with Gasteiger partial charge in [-0.2, -0.15) is 0 Å². The molecule has 0 aromatic carbocycles. The van der Waals surface area contributed by atoms with Gasteiger partial charge >= 0.3 is 5.97 Å². The molecule has 0 N–H and O–H groups in total. The number of carbonyl (C=O) groups excluding carboxylic acids is 2. The van der Waals surface area contributed by atoms with Crippen molar-refractivity contribution in [3.05, 3.63) is 0 Å². The maximum absolute atomic E-state index is 11.5. The van der Waals surface area contributed by atoms with Crippen LogP contribution in [0.1, 0.15) is 52.4 Å². The van der Waals surface area contributed by atoms with Crippen molar-refractivity contribution in [2.24, 2.45) is 5.92 Å². The largest absolute Gasteiger partial charge is 0.457 e. The van der Waals surface area contributed by atoms with Crippen LogP contribution in [0.15, 0.2) is 0 Å². The van der Waals surface area contributed by atoms with E-state index < -0.39 is 11.6 Å². The van der Waals surface area contributed by atoms with E-state index in [1.54, 1.807) is 0 Å². The zero-order valence-electron chi connectivity index (χ0n) is 10.7. The van der Waals surface area contributed by atoms with Crippen LogP contribution in [0.5, 0.6) is 0 Å². The van der Waals surface area contributed by atoms with Gasteiger partial charge in [0.25, 0.3) is 6.47 Å². The van der Waals surface area contributed by atoms with E-state index in [1.807, 2.05) is 13.8 Å². The van der Waals surface area contributed by atoms with Gasteiger partial charge in [0.1, 0.15) is 5.60 Å². The summed E-state index contributed by atoms with van der Waals surface area (Å²) in [5.74, 6) is -0.0199. The van der Waals surface area contributed by atoms with E-state index >= 15 is 0 Å². The van der Waals surface area contributed by atoms with E-state index in [0.29, 0.717) is 5.92 Å². The predicted molar refractivity (Wildman–Crippen MR) is 63.4 cm³/mol. The van der Waals surface area contributed by atoms with Crippen LogP contribution >= 0.6 is 0 Å². The van der Waals surface area contributed by atoms with Crippen LogP contribution in [-0.2, 0) is 19.1 Å². The van der Waals surface area contributed by atoms with Gasteiger partial charge in [-0.3, -0.25) is 4.79 Å². The molecule has 4 nitrogen and oxygen atoms in total. The molecule has 1 fully saturated rings. The fraction of sp³-hybridized carbons (Fsp3) is 0.846. The van der Waals surface area contributed by atoms with Crippen LogP contribution in [0.3, 0.4) is 0 Å². The van der Waals surface area contributed by atoms with Crippen LogP contribution in [0.2, 0.25) is 0 Å². The fourth-order valence-electron chi connectivity index (χ4n) is 2.55. The Morgan fingerprint density at radius 3 is 2.53 bits per heavy atom. The minimum atomic E-state index is -0.452. The Morgan fingerprint density at radius 1 is 1.35 bits per heavy atom. The third kappa shape index (κ3) is 4.02. The summed E-state index contributed by atoms with van der Waals surface area (Å²) in [6.07, 6.45) is 6.73. The standard InChI is InChI=1S/C13H22O4/c1-3-13(2,11-7-5-4-6-8-11)17-12(15)9-16-10-14/h10-11H,3-9H2,1-2H3. The molecule has 17 heavy (non-hydrogen) atoms. The molecule has 0 radical (unpaired) electrons. The van der Waals surface area contributed by atoms with Crippen molar-refractivity contribution >= 4 is 12.4 Å². The zero-order chi connectivity index (χ0) is 12.7. The third-order valence-electron chi connectivity index (χ3n) is 3.79. The van der Waals surface area contributed by atoms with E-state index in [2.05, 4.69) is 4.74 Å². The highest BCUT2D eigenvalue weighted by Gasteiger charge is 2.36. The maximum atomic E-state index is 11.5. The Morgan fingerprint density at radius 2 is 2.00 bits per heavy atom. The summed E-state index contributed by atoms with van der Waals surface area (Å²) in [5, 5.41) is 0. The second-order valence-corrected chi connectivity index (χ2v) is 4.88. The van der Waals surface area contributed by atoms with Crippen LogP contribution in [-0.4, -0.2) is 24.6 Å². The molecule has 0 aromatic heterocycles. The number of carbonyl (C=O) groups is 2. The van der Waals surface area contributed by atoms with E-state index in [-0.39, 0.29) is 13.1 Å². The first kappa shape index (κ1) is 14.0. The lowest BCUT2D eigenvalue weighted by molar-refractivity contribution is -0.172. The molecule has 0 heterocycles. The molecule has 0 aliphatic heterocycles. The third-order valence-corrected chi connectivity index (χ3v) is 3.79. The van der Waals surface area contributed by atoms with Crippen LogP contribution in [0.4, 0.5) is 0 Å². The first-order chi connectivity index (χ1) is 8.12. The molecule has 0 spiro atoms. The Hall–Kier alpha value is -1.06. The smallest absolute Gasteiger partial charge is 0.344 e. The Balaban J connectivity index is 2.53. The molecular formula is C13H22O4. The molecule has 1 aliphatic carbocycles. The highest BCUT2D eigenvalue weighted by atomic mass is 16.6. The van der Waals surface area contributed by atoms with Gasteiger partial charge in [-0.05, 0) is 32.1 Å². The number of hydrogen-bond donors (Lipinski definition) is 0. The molecule has 0 amide bonds. The molecule has 1 saturated carbocycles. The molecule has 0 aromatic rings. The quantitative estimate of drug-likeness (QED) is 0.530. The lowest BCUT2D eigenvalue weighted by atomic mass is 9.76. The number of esters is 1. The Kier molecular flexibility index (Phi) is 5.45. The van der Waals surface area contributed by atoms with Gasteiger partial charge in [0.15, 0.2) is 6.61 Å². The van der Waals surface area contributed by atoms with Gasteiger partial charge in [-0.1, -0.05) is 26.2 Å². The van der Waals surface area contributed by atoms with Gasteiger partial charge in [0.2, 0.25) is 0 Å². The van der Waals surface area contributed by atoms with Gasteiger partial charge in [-0.25, -0.2) is 4.79 Å². The van der Waals surface area contributed by atoms with Gasteiger partial charge < -0.3 is 9.47 Å². The van der Waals surface area contributed by atoms with Crippen molar-refractivity contribution in [3.63, 3.8) is 0 Å². The second kappa shape index (κ2) is 6.62. The summed E-state index contributed by atoms with van der Waals surface area (Å²) in [7, 11) is 0. The van der Waals surface area contributed by atoms with Gasteiger partial charge in [0, 0.05) is 0 Å². The zero-order valence-corrected chi connectivity index (χ0v) is 10.7. The highest BCUT2D eigenvalue weighted by molar-refractivity contribution is 5.72. The lowest BCUT2D eigenvalue weighted by Crippen LogP contribution is -2.41. The number of rotatable bonds is 6.